The first-order valence-electron chi connectivity index (χ1n) is 5.89. The van der Waals surface area contributed by atoms with Crippen molar-refractivity contribution in [3.05, 3.63) is 30.1 Å². The van der Waals surface area contributed by atoms with Crippen molar-refractivity contribution in [2.45, 2.75) is 39.2 Å². The van der Waals surface area contributed by atoms with Gasteiger partial charge in [0, 0.05) is 25.0 Å². The van der Waals surface area contributed by atoms with Crippen molar-refractivity contribution in [1.29, 1.82) is 0 Å². The summed E-state index contributed by atoms with van der Waals surface area (Å²) in [6, 6.07) is 4.61. The predicted octanol–water partition coefficient (Wildman–Crippen LogP) is 2.92. The zero-order valence-corrected chi connectivity index (χ0v) is 9.66. The van der Waals surface area contributed by atoms with Crippen LogP contribution < -0.4 is 5.32 Å². The molecule has 1 unspecified atom stereocenters. The second kappa shape index (κ2) is 4.31. The van der Waals surface area contributed by atoms with Gasteiger partial charge in [0.1, 0.15) is 0 Å². The average Bonchev–Trinajstić information content (AvgIpc) is 3.08. The molecule has 2 nitrogen and oxygen atoms in total. The van der Waals surface area contributed by atoms with E-state index in [4.69, 9.17) is 0 Å². The molecule has 0 aromatic carbocycles. The third-order valence-corrected chi connectivity index (χ3v) is 3.70. The maximum Gasteiger partial charge on any atom is 0.0293 e. The molecule has 1 aromatic rings. The van der Waals surface area contributed by atoms with E-state index in [0.717, 1.165) is 6.54 Å². The van der Waals surface area contributed by atoms with Crippen molar-refractivity contribution in [1.82, 2.24) is 10.3 Å². The summed E-state index contributed by atoms with van der Waals surface area (Å²) in [5.41, 5.74) is 1.96. The SMILES string of the molecule is CCC1(CNC(C)c2ccncc2)CC1. The standard InChI is InChI=1S/C13H20N2/c1-3-13(6-7-13)10-15-11(2)12-4-8-14-9-5-12/h4-5,8-9,11,15H,3,6-7,10H2,1-2H3. The quantitative estimate of drug-likeness (QED) is 0.797. The fourth-order valence-electron chi connectivity index (χ4n) is 1.97. The third kappa shape index (κ3) is 2.57. The lowest BCUT2D eigenvalue weighted by molar-refractivity contribution is 0.415. The monoisotopic (exact) mass is 204 g/mol. The fourth-order valence-corrected chi connectivity index (χ4v) is 1.97. The number of hydrogen-bond acceptors (Lipinski definition) is 2. The molecular formula is C13H20N2. The maximum atomic E-state index is 4.04. The van der Waals surface area contributed by atoms with E-state index in [1.54, 1.807) is 0 Å². The van der Waals surface area contributed by atoms with Gasteiger partial charge >= 0.3 is 0 Å². The molecule has 1 fully saturated rings. The first-order chi connectivity index (χ1) is 7.26. The van der Waals surface area contributed by atoms with E-state index in [0.29, 0.717) is 11.5 Å². The van der Waals surface area contributed by atoms with Crippen LogP contribution in [-0.4, -0.2) is 11.5 Å². The summed E-state index contributed by atoms with van der Waals surface area (Å²) in [5, 5.41) is 3.62. The minimum absolute atomic E-state index is 0.442. The van der Waals surface area contributed by atoms with Gasteiger partial charge in [0.05, 0.1) is 0 Å². The van der Waals surface area contributed by atoms with E-state index < -0.39 is 0 Å². The van der Waals surface area contributed by atoms with Gasteiger partial charge in [-0.1, -0.05) is 6.92 Å². The lowest BCUT2D eigenvalue weighted by Crippen LogP contribution is -2.26. The summed E-state index contributed by atoms with van der Waals surface area (Å²) >= 11 is 0. The number of aromatic nitrogens is 1. The molecule has 2 rings (SSSR count). The second-order valence-electron chi connectivity index (χ2n) is 4.74. The lowest BCUT2D eigenvalue weighted by atomic mass is 10.0. The van der Waals surface area contributed by atoms with Gasteiger partial charge < -0.3 is 5.32 Å². The number of nitrogens with one attached hydrogen (secondary N) is 1. The van der Waals surface area contributed by atoms with Crippen LogP contribution in [0.4, 0.5) is 0 Å². The Morgan fingerprint density at radius 3 is 2.60 bits per heavy atom. The van der Waals surface area contributed by atoms with Gasteiger partial charge in [-0.25, -0.2) is 0 Å². The molecule has 1 N–H and O–H groups in total. The van der Waals surface area contributed by atoms with Crippen molar-refractivity contribution in [3.63, 3.8) is 0 Å². The van der Waals surface area contributed by atoms with Crippen LogP contribution in [0.2, 0.25) is 0 Å². The minimum atomic E-state index is 0.442. The highest BCUT2D eigenvalue weighted by Gasteiger charge is 2.40. The molecule has 82 valence electrons. The zero-order chi connectivity index (χ0) is 10.7. The van der Waals surface area contributed by atoms with Gasteiger partial charge in [0.2, 0.25) is 0 Å². The van der Waals surface area contributed by atoms with Gasteiger partial charge in [-0.05, 0) is 49.3 Å². The molecule has 0 saturated heterocycles. The normalized spacial score (nSPS) is 19.9. The Labute approximate surface area is 92.1 Å². The second-order valence-corrected chi connectivity index (χ2v) is 4.74. The van der Waals surface area contributed by atoms with Gasteiger partial charge in [-0.2, -0.15) is 0 Å². The average molecular weight is 204 g/mol. The van der Waals surface area contributed by atoms with Gasteiger partial charge in [0.25, 0.3) is 0 Å². The molecule has 1 aliphatic carbocycles. The van der Waals surface area contributed by atoms with Crippen molar-refractivity contribution in [3.8, 4) is 0 Å². The summed E-state index contributed by atoms with van der Waals surface area (Å²) in [4.78, 5) is 4.04. The summed E-state index contributed by atoms with van der Waals surface area (Å²) in [6.07, 6.45) is 7.84. The summed E-state index contributed by atoms with van der Waals surface area (Å²) < 4.78 is 0. The van der Waals surface area contributed by atoms with Crippen LogP contribution in [0.1, 0.15) is 44.7 Å². The van der Waals surface area contributed by atoms with Crippen molar-refractivity contribution < 1.29 is 0 Å². The first kappa shape index (κ1) is 10.6. The molecule has 1 saturated carbocycles. The highest BCUT2D eigenvalue weighted by Crippen LogP contribution is 2.48. The van der Waals surface area contributed by atoms with Crippen LogP contribution in [-0.2, 0) is 0 Å². The predicted molar refractivity (Wildman–Crippen MR) is 62.6 cm³/mol. The Hall–Kier alpha value is -0.890. The smallest absolute Gasteiger partial charge is 0.0293 e. The number of rotatable bonds is 5. The van der Waals surface area contributed by atoms with Crippen LogP contribution in [0.15, 0.2) is 24.5 Å². The van der Waals surface area contributed by atoms with Gasteiger partial charge in [0.15, 0.2) is 0 Å². The molecule has 0 amide bonds. The number of nitrogens with zero attached hydrogens (tertiary/aromatic N) is 1. The highest BCUT2D eigenvalue weighted by molar-refractivity contribution is 5.14. The van der Waals surface area contributed by atoms with Crippen molar-refractivity contribution in [2.24, 2.45) is 5.41 Å². The van der Waals surface area contributed by atoms with E-state index in [1.165, 1.54) is 24.8 Å². The Bertz CT molecular complexity index is 304. The molecular weight excluding hydrogens is 184 g/mol. The maximum absolute atomic E-state index is 4.04. The molecule has 15 heavy (non-hydrogen) atoms. The van der Waals surface area contributed by atoms with Crippen LogP contribution in [0.5, 0.6) is 0 Å². The number of pyridine rings is 1. The summed E-state index contributed by atoms with van der Waals surface area (Å²) in [6.45, 7) is 5.68. The zero-order valence-electron chi connectivity index (χ0n) is 9.66. The highest BCUT2D eigenvalue weighted by atomic mass is 14.9. The molecule has 1 aromatic heterocycles. The third-order valence-electron chi connectivity index (χ3n) is 3.70. The lowest BCUT2D eigenvalue weighted by Gasteiger charge is -2.18. The molecule has 1 heterocycles. The summed E-state index contributed by atoms with van der Waals surface area (Å²) in [7, 11) is 0. The molecule has 0 radical (unpaired) electrons. The van der Waals surface area contributed by atoms with E-state index >= 15 is 0 Å². The molecule has 0 spiro atoms. The van der Waals surface area contributed by atoms with Crippen LogP contribution >= 0.6 is 0 Å². The Morgan fingerprint density at radius 1 is 1.40 bits per heavy atom. The van der Waals surface area contributed by atoms with Crippen molar-refractivity contribution in [2.75, 3.05) is 6.54 Å². The molecule has 0 bridgehead atoms. The van der Waals surface area contributed by atoms with Crippen LogP contribution in [0.3, 0.4) is 0 Å². The van der Waals surface area contributed by atoms with E-state index in [9.17, 15) is 0 Å². The minimum Gasteiger partial charge on any atom is -0.310 e. The Morgan fingerprint density at radius 2 is 2.07 bits per heavy atom. The van der Waals surface area contributed by atoms with E-state index in [1.807, 2.05) is 12.4 Å². The molecule has 1 aliphatic rings. The molecule has 1 atom stereocenters. The Balaban J connectivity index is 1.85. The number of hydrogen-bond donors (Lipinski definition) is 1. The molecule has 0 aliphatic heterocycles. The largest absolute Gasteiger partial charge is 0.310 e. The van der Waals surface area contributed by atoms with Crippen LogP contribution in [0.25, 0.3) is 0 Å². The van der Waals surface area contributed by atoms with E-state index in [2.05, 4.69) is 36.3 Å². The van der Waals surface area contributed by atoms with Crippen molar-refractivity contribution >= 4 is 0 Å². The fraction of sp³-hybridized carbons (Fsp3) is 0.615. The Kier molecular flexibility index (Phi) is 3.06. The van der Waals surface area contributed by atoms with E-state index in [-0.39, 0.29) is 0 Å². The van der Waals surface area contributed by atoms with Crippen LogP contribution in [0, 0.1) is 5.41 Å². The first-order valence-corrected chi connectivity index (χ1v) is 5.89. The van der Waals surface area contributed by atoms with Gasteiger partial charge in [-0.3, -0.25) is 4.98 Å². The summed E-state index contributed by atoms with van der Waals surface area (Å²) in [5.74, 6) is 0. The molecule has 2 heteroatoms. The topological polar surface area (TPSA) is 24.9 Å². The van der Waals surface area contributed by atoms with Gasteiger partial charge in [-0.15, -0.1) is 0 Å².